The largest absolute Gasteiger partial charge is 0.309 e. The molecular formula is C54H34N2S. The molecule has 3 aromatic heterocycles. The highest BCUT2D eigenvalue weighted by atomic mass is 32.1. The van der Waals surface area contributed by atoms with Crippen LogP contribution in [-0.4, -0.2) is 9.13 Å². The fourth-order valence-corrected chi connectivity index (χ4v) is 10.4. The summed E-state index contributed by atoms with van der Waals surface area (Å²) in [7, 11) is 0. The summed E-state index contributed by atoms with van der Waals surface area (Å²) in [4.78, 5) is 0. The van der Waals surface area contributed by atoms with Crippen LogP contribution in [-0.2, 0) is 0 Å². The van der Waals surface area contributed by atoms with E-state index in [4.69, 9.17) is 0 Å². The van der Waals surface area contributed by atoms with Crippen molar-refractivity contribution in [3.05, 3.63) is 206 Å². The van der Waals surface area contributed by atoms with Crippen molar-refractivity contribution >= 4 is 75.1 Å². The Labute approximate surface area is 333 Å². The van der Waals surface area contributed by atoms with E-state index in [0.717, 1.165) is 5.69 Å². The first-order chi connectivity index (χ1) is 28.3. The number of thiophene rings is 1. The van der Waals surface area contributed by atoms with Crippen molar-refractivity contribution in [2.24, 2.45) is 0 Å². The average molecular weight is 743 g/mol. The van der Waals surface area contributed by atoms with E-state index in [1.807, 2.05) is 11.3 Å². The van der Waals surface area contributed by atoms with Gasteiger partial charge in [-0.3, -0.25) is 0 Å². The second kappa shape index (κ2) is 12.7. The molecule has 266 valence electrons. The molecule has 3 heterocycles. The average Bonchev–Trinajstić information content (AvgIpc) is 3.94. The second-order valence-electron chi connectivity index (χ2n) is 14.9. The van der Waals surface area contributed by atoms with Gasteiger partial charge in [0.2, 0.25) is 0 Å². The van der Waals surface area contributed by atoms with Gasteiger partial charge in [0.05, 0.1) is 32.5 Å². The fourth-order valence-electron chi connectivity index (χ4n) is 9.15. The molecule has 0 saturated heterocycles. The molecular weight excluding hydrogens is 709 g/mol. The van der Waals surface area contributed by atoms with Crippen molar-refractivity contribution in [1.29, 1.82) is 0 Å². The molecule has 2 nitrogen and oxygen atoms in total. The maximum absolute atomic E-state index is 2.47. The van der Waals surface area contributed by atoms with Gasteiger partial charge in [-0.1, -0.05) is 146 Å². The van der Waals surface area contributed by atoms with E-state index in [-0.39, 0.29) is 0 Å². The normalized spacial score (nSPS) is 11.9. The number of aromatic nitrogens is 2. The highest BCUT2D eigenvalue weighted by Crippen LogP contribution is 2.42. The SMILES string of the molecule is c1ccc(-c2ccccc2-c2ccc(-n3c4ccccc4c4cc(-c5ccc6c(c5)c5ccccc5n6-c5cccc6c5sc5ccccc56)ccc43)cc2)cc1. The number of nitrogens with zero attached hydrogens (tertiary/aromatic N) is 2. The minimum atomic E-state index is 1.15. The van der Waals surface area contributed by atoms with Gasteiger partial charge in [-0.05, 0) is 94.0 Å². The van der Waals surface area contributed by atoms with Gasteiger partial charge in [0.25, 0.3) is 0 Å². The monoisotopic (exact) mass is 742 g/mol. The van der Waals surface area contributed by atoms with Gasteiger partial charge < -0.3 is 9.13 Å². The molecule has 0 fully saturated rings. The summed E-state index contributed by atoms with van der Waals surface area (Å²) in [5, 5.41) is 7.66. The molecule has 0 unspecified atom stereocenters. The molecule has 57 heavy (non-hydrogen) atoms. The maximum atomic E-state index is 2.47. The Morgan fingerprint density at radius 2 is 0.789 bits per heavy atom. The Kier molecular flexibility index (Phi) is 7.13. The minimum Gasteiger partial charge on any atom is -0.309 e. The van der Waals surface area contributed by atoms with Crippen molar-refractivity contribution in [2.45, 2.75) is 0 Å². The molecule has 0 radical (unpaired) electrons. The van der Waals surface area contributed by atoms with Crippen molar-refractivity contribution in [3.63, 3.8) is 0 Å². The molecule has 9 aromatic carbocycles. The van der Waals surface area contributed by atoms with Crippen LogP contribution in [0.2, 0.25) is 0 Å². The number of para-hydroxylation sites is 2. The molecule has 0 spiro atoms. The third kappa shape index (κ3) is 4.96. The number of rotatable bonds is 5. The van der Waals surface area contributed by atoms with E-state index in [0.29, 0.717) is 0 Å². The van der Waals surface area contributed by atoms with E-state index >= 15 is 0 Å². The predicted molar refractivity (Wildman–Crippen MR) is 244 cm³/mol. The summed E-state index contributed by atoms with van der Waals surface area (Å²) in [5.74, 6) is 0. The molecule has 0 aliphatic heterocycles. The van der Waals surface area contributed by atoms with Crippen LogP contribution in [0, 0.1) is 0 Å². The van der Waals surface area contributed by atoms with Crippen molar-refractivity contribution in [3.8, 4) is 44.8 Å². The third-order valence-electron chi connectivity index (χ3n) is 11.8. The van der Waals surface area contributed by atoms with Gasteiger partial charge in [-0.2, -0.15) is 0 Å². The van der Waals surface area contributed by atoms with Crippen LogP contribution in [0.25, 0.3) is 109 Å². The second-order valence-corrected chi connectivity index (χ2v) is 15.9. The lowest BCUT2D eigenvalue weighted by atomic mass is 9.94. The van der Waals surface area contributed by atoms with E-state index < -0.39 is 0 Å². The Bertz CT molecular complexity index is 3510. The molecule has 12 aromatic rings. The summed E-state index contributed by atoms with van der Waals surface area (Å²) in [6.07, 6.45) is 0. The minimum absolute atomic E-state index is 1.15. The van der Waals surface area contributed by atoms with Crippen LogP contribution in [0.4, 0.5) is 0 Å². The van der Waals surface area contributed by atoms with Crippen LogP contribution in [0.5, 0.6) is 0 Å². The predicted octanol–water partition coefficient (Wildman–Crippen LogP) is 15.2. The molecule has 3 heteroatoms. The smallest absolute Gasteiger partial charge is 0.0640 e. The first kappa shape index (κ1) is 32.1. The highest BCUT2D eigenvalue weighted by molar-refractivity contribution is 7.26. The van der Waals surface area contributed by atoms with E-state index in [2.05, 4.69) is 215 Å². The standard InChI is InChI=1S/C54H34N2S/c1-2-13-35(14-3-1)40-15-4-5-16-41(40)36-25-29-39(30-26-36)55-48-21-9-6-17-42(48)46-33-37(27-31-50(46)55)38-28-32-51-47(34-38)43-18-7-10-22-49(43)56(51)52-23-12-20-45-44-19-8-11-24-53(44)57-54(45)52/h1-34H. The molecule has 0 aliphatic rings. The van der Waals surface area contributed by atoms with Gasteiger partial charge in [-0.25, -0.2) is 0 Å². The van der Waals surface area contributed by atoms with Crippen molar-refractivity contribution in [2.75, 3.05) is 0 Å². The Morgan fingerprint density at radius 3 is 1.47 bits per heavy atom. The Balaban J connectivity index is 0.979. The first-order valence-electron chi connectivity index (χ1n) is 19.5. The van der Waals surface area contributed by atoms with Crippen LogP contribution < -0.4 is 0 Å². The van der Waals surface area contributed by atoms with E-state index in [1.54, 1.807) is 0 Å². The zero-order valence-electron chi connectivity index (χ0n) is 30.9. The lowest BCUT2D eigenvalue weighted by Gasteiger charge is -2.12. The molecule has 0 saturated carbocycles. The van der Waals surface area contributed by atoms with Gasteiger partial charge in [0.1, 0.15) is 0 Å². The Morgan fingerprint density at radius 1 is 0.298 bits per heavy atom. The molecule has 0 amide bonds. The molecule has 0 N–H and O–H groups in total. The highest BCUT2D eigenvalue weighted by Gasteiger charge is 2.18. The molecule has 12 rings (SSSR count). The number of hydrogen-bond donors (Lipinski definition) is 0. The maximum Gasteiger partial charge on any atom is 0.0640 e. The van der Waals surface area contributed by atoms with Crippen molar-refractivity contribution < 1.29 is 0 Å². The van der Waals surface area contributed by atoms with Gasteiger partial charge in [0, 0.05) is 42.7 Å². The van der Waals surface area contributed by atoms with Gasteiger partial charge in [-0.15, -0.1) is 11.3 Å². The number of hydrogen-bond acceptors (Lipinski definition) is 1. The van der Waals surface area contributed by atoms with Crippen molar-refractivity contribution in [1.82, 2.24) is 9.13 Å². The van der Waals surface area contributed by atoms with Gasteiger partial charge >= 0.3 is 0 Å². The van der Waals surface area contributed by atoms with E-state index in [9.17, 15) is 0 Å². The number of benzene rings is 9. The van der Waals surface area contributed by atoms with Crippen LogP contribution in [0.3, 0.4) is 0 Å². The lowest BCUT2D eigenvalue weighted by Crippen LogP contribution is -1.94. The van der Waals surface area contributed by atoms with Crippen LogP contribution in [0.15, 0.2) is 206 Å². The third-order valence-corrected chi connectivity index (χ3v) is 13.0. The summed E-state index contributed by atoms with van der Waals surface area (Å²) >= 11 is 1.88. The summed E-state index contributed by atoms with van der Waals surface area (Å²) in [6.45, 7) is 0. The number of fused-ring (bicyclic) bond motifs is 9. The Hall–Kier alpha value is -7.20. The zero-order valence-corrected chi connectivity index (χ0v) is 31.7. The van der Waals surface area contributed by atoms with Crippen LogP contribution >= 0.6 is 11.3 Å². The molecule has 0 bridgehead atoms. The van der Waals surface area contributed by atoms with E-state index in [1.165, 1.54) is 103 Å². The summed E-state index contributed by atoms with van der Waals surface area (Å²) in [5.41, 5.74) is 14.6. The zero-order chi connectivity index (χ0) is 37.5. The lowest BCUT2D eigenvalue weighted by molar-refractivity contribution is 1.18. The van der Waals surface area contributed by atoms with Gasteiger partial charge in [0.15, 0.2) is 0 Å². The van der Waals surface area contributed by atoms with Crippen LogP contribution in [0.1, 0.15) is 0 Å². The molecule has 0 aliphatic carbocycles. The summed E-state index contributed by atoms with van der Waals surface area (Å²) < 4.78 is 7.52. The molecule has 0 atom stereocenters. The summed E-state index contributed by atoms with van der Waals surface area (Å²) in [6, 6.07) is 75.5. The fraction of sp³-hybridized carbons (Fsp3) is 0. The topological polar surface area (TPSA) is 9.86 Å². The quantitative estimate of drug-likeness (QED) is 0.166. The first-order valence-corrected chi connectivity index (χ1v) is 20.3.